The van der Waals surface area contributed by atoms with E-state index in [1.807, 2.05) is 37.6 Å². The van der Waals surface area contributed by atoms with Crippen LogP contribution in [-0.4, -0.2) is 23.5 Å². The van der Waals surface area contributed by atoms with Crippen LogP contribution in [0.4, 0.5) is 0 Å². The predicted octanol–water partition coefficient (Wildman–Crippen LogP) is 1.51. The first-order valence-electron chi connectivity index (χ1n) is 6.20. The van der Waals surface area contributed by atoms with Crippen LogP contribution in [0, 0.1) is 0 Å². The fraction of sp³-hybridized carbons (Fsp3) is 0.357. The molecule has 0 bridgehead atoms. The third kappa shape index (κ3) is 3.48. The molecule has 102 valence electrons. The SMILES string of the molecule is COc1ccc(CN)cc1OCCc1cnn(C)c1. The number of hydrogen-bond acceptors (Lipinski definition) is 4. The average molecular weight is 261 g/mol. The van der Waals surface area contributed by atoms with Crippen LogP contribution in [0.2, 0.25) is 0 Å². The summed E-state index contributed by atoms with van der Waals surface area (Å²) in [7, 11) is 3.53. The van der Waals surface area contributed by atoms with Gasteiger partial charge in [0.15, 0.2) is 11.5 Å². The summed E-state index contributed by atoms with van der Waals surface area (Å²) in [5.41, 5.74) is 7.80. The highest BCUT2D eigenvalue weighted by atomic mass is 16.5. The molecule has 2 N–H and O–H groups in total. The Hall–Kier alpha value is -2.01. The van der Waals surface area contributed by atoms with Crippen molar-refractivity contribution in [1.82, 2.24) is 9.78 Å². The number of nitrogens with two attached hydrogens (primary N) is 1. The normalized spacial score (nSPS) is 10.5. The maximum atomic E-state index is 5.77. The topological polar surface area (TPSA) is 62.3 Å². The van der Waals surface area contributed by atoms with E-state index in [1.165, 1.54) is 0 Å². The first-order valence-corrected chi connectivity index (χ1v) is 6.20. The van der Waals surface area contributed by atoms with Crippen LogP contribution >= 0.6 is 0 Å². The van der Waals surface area contributed by atoms with Crippen LogP contribution in [-0.2, 0) is 20.0 Å². The predicted molar refractivity (Wildman–Crippen MR) is 73.3 cm³/mol. The Kier molecular flexibility index (Phi) is 4.41. The average Bonchev–Trinajstić information content (AvgIpc) is 2.84. The molecule has 0 aliphatic rings. The molecule has 2 rings (SSSR count). The lowest BCUT2D eigenvalue weighted by Crippen LogP contribution is -2.04. The number of hydrogen-bond donors (Lipinski definition) is 1. The summed E-state index contributed by atoms with van der Waals surface area (Å²) < 4.78 is 12.8. The van der Waals surface area contributed by atoms with Crippen molar-refractivity contribution >= 4 is 0 Å². The molecule has 0 aliphatic carbocycles. The van der Waals surface area contributed by atoms with Crippen molar-refractivity contribution in [3.63, 3.8) is 0 Å². The highest BCUT2D eigenvalue weighted by molar-refractivity contribution is 5.42. The van der Waals surface area contributed by atoms with Gasteiger partial charge in [0.05, 0.1) is 19.9 Å². The molecule has 0 spiro atoms. The van der Waals surface area contributed by atoms with Gasteiger partial charge in [-0.1, -0.05) is 6.07 Å². The number of aromatic nitrogens is 2. The molecule has 1 heterocycles. The maximum absolute atomic E-state index is 5.77. The van der Waals surface area contributed by atoms with Crippen molar-refractivity contribution in [3.8, 4) is 11.5 Å². The van der Waals surface area contributed by atoms with Gasteiger partial charge in [0.1, 0.15) is 0 Å². The van der Waals surface area contributed by atoms with Gasteiger partial charge >= 0.3 is 0 Å². The van der Waals surface area contributed by atoms with E-state index in [9.17, 15) is 0 Å². The third-order valence-corrected chi connectivity index (χ3v) is 2.87. The van der Waals surface area contributed by atoms with Crippen molar-refractivity contribution < 1.29 is 9.47 Å². The minimum absolute atomic E-state index is 0.489. The van der Waals surface area contributed by atoms with E-state index < -0.39 is 0 Å². The van der Waals surface area contributed by atoms with Gasteiger partial charge in [0.2, 0.25) is 0 Å². The fourth-order valence-corrected chi connectivity index (χ4v) is 1.84. The van der Waals surface area contributed by atoms with Gasteiger partial charge in [-0.2, -0.15) is 5.10 Å². The van der Waals surface area contributed by atoms with E-state index in [0.29, 0.717) is 13.2 Å². The smallest absolute Gasteiger partial charge is 0.161 e. The van der Waals surface area contributed by atoms with Crippen LogP contribution in [0.25, 0.3) is 0 Å². The number of ether oxygens (including phenoxy) is 2. The summed E-state index contributed by atoms with van der Waals surface area (Å²) >= 11 is 0. The van der Waals surface area contributed by atoms with Gasteiger partial charge in [0.25, 0.3) is 0 Å². The van der Waals surface area contributed by atoms with Gasteiger partial charge in [-0.05, 0) is 23.3 Å². The van der Waals surface area contributed by atoms with Gasteiger partial charge in [-0.25, -0.2) is 0 Å². The molecular formula is C14H19N3O2. The quantitative estimate of drug-likeness (QED) is 0.856. The second-order valence-electron chi connectivity index (χ2n) is 4.31. The second-order valence-corrected chi connectivity index (χ2v) is 4.31. The molecular weight excluding hydrogens is 242 g/mol. The first-order chi connectivity index (χ1) is 9.22. The summed E-state index contributed by atoms with van der Waals surface area (Å²) in [5, 5.41) is 4.12. The zero-order chi connectivity index (χ0) is 13.7. The van der Waals surface area contributed by atoms with Gasteiger partial charge < -0.3 is 15.2 Å². The highest BCUT2D eigenvalue weighted by Gasteiger charge is 2.05. The van der Waals surface area contributed by atoms with Crippen molar-refractivity contribution in [1.29, 1.82) is 0 Å². The molecule has 0 saturated heterocycles. The van der Waals surface area contributed by atoms with Crippen molar-refractivity contribution in [2.45, 2.75) is 13.0 Å². The second kappa shape index (κ2) is 6.24. The zero-order valence-corrected chi connectivity index (χ0v) is 11.3. The number of rotatable bonds is 6. The first kappa shape index (κ1) is 13.4. The maximum Gasteiger partial charge on any atom is 0.161 e. The number of nitrogens with zero attached hydrogens (tertiary/aromatic N) is 2. The fourth-order valence-electron chi connectivity index (χ4n) is 1.84. The lowest BCUT2D eigenvalue weighted by molar-refractivity contribution is 0.297. The Labute approximate surface area is 112 Å². The number of benzene rings is 1. The largest absolute Gasteiger partial charge is 0.493 e. The third-order valence-electron chi connectivity index (χ3n) is 2.87. The van der Waals surface area contributed by atoms with E-state index in [0.717, 1.165) is 29.0 Å². The molecule has 0 amide bonds. The van der Waals surface area contributed by atoms with E-state index in [-0.39, 0.29) is 0 Å². The molecule has 1 aromatic carbocycles. The molecule has 0 atom stereocenters. The lowest BCUT2D eigenvalue weighted by atomic mass is 10.2. The lowest BCUT2D eigenvalue weighted by Gasteiger charge is -2.11. The van der Waals surface area contributed by atoms with Crippen LogP contribution < -0.4 is 15.2 Å². The summed E-state index contributed by atoms with van der Waals surface area (Å²) in [5.74, 6) is 1.46. The molecule has 0 fully saturated rings. The Morgan fingerprint density at radius 3 is 2.74 bits per heavy atom. The monoisotopic (exact) mass is 261 g/mol. The summed E-state index contributed by atoms with van der Waals surface area (Å²) in [6.07, 6.45) is 4.64. The molecule has 2 aromatic rings. The van der Waals surface area contributed by atoms with Crippen molar-refractivity contribution in [3.05, 3.63) is 41.7 Å². The Morgan fingerprint density at radius 1 is 1.26 bits per heavy atom. The number of methoxy groups -OCH3 is 1. The molecule has 5 heteroatoms. The Balaban J connectivity index is 1.98. The molecule has 0 unspecified atom stereocenters. The van der Waals surface area contributed by atoms with E-state index in [2.05, 4.69) is 5.10 Å². The summed E-state index contributed by atoms with van der Waals surface area (Å²) in [6.45, 7) is 1.07. The molecule has 0 aliphatic heterocycles. The minimum atomic E-state index is 0.489. The van der Waals surface area contributed by atoms with E-state index >= 15 is 0 Å². The summed E-state index contributed by atoms with van der Waals surface area (Å²) in [4.78, 5) is 0. The van der Waals surface area contributed by atoms with Crippen molar-refractivity contribution in [2.24, 2.45) is 12.8 Å². The Bertz CT molecular complexity index is 537. The number of aryl methyl sites for hydroxylation is 1. The van der Waals surface area contributed by atoms with Gasteiger partial charge in [-0.3, -0.25) is 4.68 Å². The van der Waals surface area contributed by atoms with Gasteiger partial charge in [0, 0.05) is 26.2 Å². The minimum Gasteiger partial charge on any atom is -0.493 e. The van der Waals surface area contributed by atoms with Crippen LogP contribution in [0.3, 0.4) is 0 Å². The van der Waals surface area contributed by atoms with Crippen LogP contribution in [0.5, 0.6) is 11.5 Å². The van der Waals surface area contributed by atoms with Crippen LogP contribution in [0.1, 0.15) is 11.1 Å². The Morgan fingerprint density at radius 2 is 2.11 bits per heavy atom. The molecule has 5 nitrogen and oxygen atoms in total. The zero-order valence-electron chi connectivity index (χ0n) is 11.3. The summed E-state index contributed by atoms with van der Waals surface area (Å²) in [6, 6.07) is 5.73. The van der Waals surface area contributed by atoms with Crippen LogP contribution in [0.15, 0.2) is 30.6 Å². The van der Waals surface area contributed by atoms with E-state index in [4.69, 9.17) is 15.2 Å². The molecule has 1 aromatic heterocycles. The molecule has 19 heavy (non-hydrogen) atoms. The standard InChI is InChI=1S/C14H19N3O2/c1-17-10-12(9-16-17)5-6-19-14-7-11(8-15)3-4-13(14)18-2/h3-4,7,9-10H,5-6,8,15H2,1-2H3. The molecule has 0 saturated carbocycles. The molecule has 0 radical (unpaired) electrons. The highest BCUT2D eigenvalue weighted by Crippen LogP contribution is 2.28. The van der Waals surface area contributed by atoms with Crippen molar-refractivity contribution in [2.75, 3.05) is 13.7 Å². The van der Waals surface area contributed by atoms with Gasteiger partial charge in [-0.15, -0.1) is 0 Å². The van der Waals surface area contributed by atoms with E-state index in [1.54, 1.807) is 11.8 Å².